The summed E-state index contributed by atoms with van der Waals surface area (Å²) in [6, 6.07) is 15.5. The van der Waals surface area contributed by atoms with Crippen LogP contribution < -0.4 is 15.8 Å². The van der Waals surface area contributed by atoms with Gasteiger partial charge in [0.1, 0.15) is 5.75 Å². The van der Waals surface area contributed by atoms with Crippen molar-refractivity contribution in [2.45, 2.75) is 12.8 Å². The van der Waals surface area contributed by atoms with Crippen LogP contribution in [-0.4, -0.2) is 43.5 Å². The van der Waals surface area contributed by atoms with Gasteiger partial charge in [0.2, 0.25) is 5.91 Å². The minimum atomic E-state index is 0. The highest BCUT2D eigenvalue weighted by Gasteiger charge is 2.28. The summed E-state index contributed by atoms with van der Waals surface area (Å²) < 4.78 is 5.13. The summed E-state index contributed by atoms with van der Waals surface area (Å²) in [4.78, 5) is 18.6. The minimum absolute atomic E-state index is 0. The number of carbonyl (C=O) groups excluding carboxylic acids is 1. The molecule has 1 aliphatic heterocycles. The first-order valence-electron chi connectivity index (χ1n) is 9.27. The van der Waals surface area contributed by atoms with Crippen molar-refractivity contribution in [1.29, 1.82) is 0 Å². The lowest BCUT2D eigenvalue weighted by molar-refractivity contribution is -0.127. The molecule has 0 aromatic heterocycles. The molecule has 0 aliphatic carbocycles. The zero-order valence-corrected chi connectivity index (χ0v) is 19.4. The average Bonchev–Trinajstić information content (AvgIpc) is 3.05. The number of methoxy groups -OCH3 is 1. The molecule has 8 heteroatoms. The molecule has 3 N–H and O–H groups in total. The van der Waals surface area contributed by atoms with Crippen LogP contribution >= 0.6 is 35.6 Å². The normalized spacial score (nSPS) is 16.5. The quantitative estimate of drug-likeness (QED) is 0.326. The van der Waals surface area contributed by atoms with E-state index in [0.29, 0.717) is 29.7 Å². The van der Waals surface area contributed by atoms with E-state index < -0.39 is 0 Å². The second kappa shape index (κ2) is 11.3. The molecule has 0 radical (unpaired) electrons. The van der Waals surface area contributed by atoms with E-state index in [0.717, 1.165) is 25.2 Å². The van der Waals surface area contributed by atoms with E-state index in [9.17, 15) is 4.79 Å². The molecule has 1 fully saturated rings. The molecule has 156 valence electrons. The smallest absolute Gasteiger partial charge is 0.223 e. The van der Waals surface area contributed by atoms with E-state index in [1.807, 2.05) is 29.2 Å². The molecule has 1 saturated heterocycles. The third kappa shape index (κ3) is 6.78. The highest BCUT2D eigenvalue weighted by Crippen LogP contribution is 2.27. The number of amides is 1. The summed E-state index contributed by atoms with van der Waals surface area (Å²) in [5, 5.41) is 3.51. The Labute approximate surface area is 193 Å². The number of rotatable bonds is 7. The van der Waals surface area contributed by atoms with Crippen molar-refractivity contribution in [2.75, 3.05) is 32.1 Å². The number of guanidine groups is 1. The lowest BCUT2D eigenvalue weighted by atomic mass is 10.1. The van der Waals surface area contributed by atoms with Crippen molar-refractivity contribution < 1.29 is 9.53 Å². The van der Waals surface area contributed by atoms with Gasteiger partial charge in [0.25, 0.3) is 0 Å². The number of nitrogens with one attached hydrogen (secondary N) is 1. The third-order valence-electron chi connectivity index (χ3n) is 4.75. The lowest BCUT2D eigenvalue weighted by Gasteiger charge is -2.16. The summed E-state index contributed by atoms with van der Waals surface area (Å²) in [5.41, 5.74) is 7.95. The summed E-state index contributed by atoms with van der Waals surface area (Å²) in [7, 11) is 1.57. The van der Waals surface area contributed by atoms with Gasteiger partial charge in [-0.3, -0.25) is 9.79 Å². The first-order valence-corrected chi connectivity index (χ1v) is 9.65. The maximum Gasteiger partial charge on any atom is 0.223 e. The van der Waals surface area contributed by atoms with Crippen LogP contribution in [0.25, 0.3) is 0 Å². The number of ether oxygens (including phenoxy) is 1. The molecule has 0 saturated carbocycles. The van der Waals surface area contributed by atoms with Gasteiger partial charge in [-0.2, -0.15) is 0 Å². The van der Waals surface area contributed by atoms with Gasteiger partial charge >= 0.3 is 0 Å². The van der Waals surface area contributed by atoms with E-state index in [-0.39, 0.29) is 35.8 Å². The second-order valence-electron chi connectivity index (χ2n) is 6.85. The van der Waals surface area contributed by atoms with Gasteiger partial charge in [0, 0.05) is 37.7 Å². The number of likely N-dealkylation sites (tertiary alicyclic amines) is 1. The molecule has 0 bridgehead atoms. The molecule has 3 rings (SSSR count). The van der Waals surface area contributed by atoms with Crippen LogP contribution in [0.1, 0.15) is 12.0 Å². The number of hydrogen-bond donors (Lipinski definition) is 2. The number of carbonyl (C=O) groups is 1. The number of halogens is 2. The number of anilines is 1. The number of aliphatic imine (C=N–C) groups is 1. The fourth-order valence-corrected chi connectivity index (χ4v) is 3.52. The van der Waals surface area contributed by atoms with E-state index in [1.54, 1.807) is 19.2 Å². The molecule has 0 spiro atoms. The average molecular weight is 529 g/mol. The van der Waals surface area contributed by atoms with E-state index in [4.69, 9.17) is 22.1 Å². The zero-order valence-electron chi connectivity index (χ0n) is 16.3. The van der Waals surface area contributed by atoms with Crippen LogP contribution in [0.4, 0.5) is 5.69 Å². The maximum atomic E-state index is 12.2. The highest BCUT2D eigenvalue weighted by molar-refractivity contribution is 14.0. The predicted octanol–water partition coefficient (Wildman–Crippen LogP) is 3.78. The Hall–Kier alpha value is -2.00. The Balaban J connectivity index is 0.00000300. The molecule has 1 atom stereocenters. The standard InChI is InChI=1S/C21H25ClN4O2.HI/c1-28-19-8-7-17(12-18(19)22)25-21(23)24-13-16-11-20(27)26(14-16)10-9-15-5-3-2-4-6-15;/h2-8,12,16H,9-11,13-14H2,1H3,(H3,23,24,25);1H. The van der Waals surface area contributed by atoms with Crippen molar-refractivity contribution >= 4 is 53.1 Å². The third-order valence-corrected chi connectivity index (χ3v) is 5.05. The lowest BCUT2D eigenvalue weighted by Crippen LogP contribution is -2.28. The Kier molecular flexibility index (Phi) is 9.03. The second-order valence-corrected chi connectivity index (χ2v) is 7.25. The fraction of sp³-hybridized carbons (Fsp3) is 0.333. The Morgan fingerprint density at radius 2 is 2.07 bits per heavy atom. The Bertz CT molecular complexity index is 848. The van der Waals surface area contributed by atoms with E-state index in [2.05, 4.69) is 22.4 Å². The molecule has 1 unspecified atom stereocenters. The summed E-state index contributed by atoms with van der Waals surface area (Å²) >= 11 is 6.11. The van der Waals surface area contributed by atoms with Gasteiger partial charge in [-0.1, -0.05) is 41.9 Å². The van der Waals surface area contributed by atoms with Crippen molar-refractivity contribution in [2.24, 2.45) is 16.6 Å². The van der Waals surface area contributed by atoms with Crippen LogP contribution in [-0.2, 0) is 11.2 Å². The summed E-state index contributed by atoms with van der Waals surface area (Å²) in [6.45, 7) is 1.97. The van der Waals surface area contributed by atoms with Gasteiger partial charge in [0.05, 0.1) is 12.1 Å². The van der Waals surface area contributed by atoms with Gasteiger partial charge in [-0.05, 0) is 30.2 Å². The van der Waals surface area contributed by atoms with Crippen LogP contribution in [0.3, 0.4) is 0 Å². The summed E-state index contributed by atoms with van der Waals surface area (Å²) in [6.07, 6.45) is 1.38. The maximum absolute atomic E-state index is 12.2. The summed E-state index contributed by atoms with van der Waals surface area (Å²) in [5.74, 6) is 1.27. The molecular formula is C21H26ClIN4O2. The van der Waals surface area contributed by atoms with Crippen molar-refractivity contribution in [1.82, 2.24) is 4.90 Å². The van der Waals surface area contributed by atoms with Crippen LogP contribution in [0.2, 0.25) is 5.02 Å². The van der Waals surface area contributed by atoms with Gasteiger partial charge in [-0.25, -0.2) is 0 Å². The minimum Gasteiger partial charge on any atom is -0.495 e. The number of hydrogen-bond acceptors (Lipinski definition) is 3. The largest absolute Gasteiger partial charge is 0.495 e. The Morgan fingerprint density at radius 1 is 1.31 bits per heavy atom. The predicted molar refractivity (Wildman–Crippen MR) is 128 cm³/mol. The van der Waals surface area contributed by atoms with Crippen molar-refractivity contribution in [3.8, 4) is 5.75 Å². The molecule has 29 heavy (non-hydrogen) atoms. The molecule has 1 heterocycles. The molecule has 1 aliphatic rings. The zero-order chi connectivity index (χ0) is 19.9. The first kappa shape index (κ1) is 23.3. The topological polar surface area (TPSA) is 80.0 Å². The molecular weight excluding hydrogens is 503 g/mol. The van der Waals surface area contributed by atoms with Crippen LogP contribution in [0.15, 0.2) is 53.5 Å². The molecule has 2 aromatic rings. The number of nitrogens with zero attached hydrogens (tertiary/aromatic N) is 2. The van der Waals surface area contributed by atoms with Gasteiger partial charge in [0.15, 0.2) is 5.96 Å². The molecule has 6 nitrogen and oxygen atoms in total. The van der Waals surface area contributed by atoms with Crippen molar-refractivity contribution in [3.63, 3.8) is 0 Å². The fourth-order valence-electron chi connectivity index (χ4n) is 3.26. The number of benzene rings is 2. The molecule has 2 aromatic carbocycles. The van der Waals surface area contributed by atoms with E-state index in [1.165, 1.54) is 5.56 Å². The highest BCUT2D eigenvalue weighted by atomic mass is 127. The first-order chi connectivity index (χ1) is 13.5. The van der Waals surface area contributed by atoms with Crippen LogP contribution in [0.5, 0.6) is 5.75 Å². The van der Waals surface area contributed by atoms with Gasteiger partial charge in [-0.15, -0.1) is 24.0 Å². The monoisotopic (exact) mass is 528 g/mol. The SMILES string of the molecule is COc1ccc(NC(N)=NCC2CC(=O)N(CCc3ccccc3)C2)cc1Cl.I. The van der Waals surface area contributed by atoms with E-state index >= 15 is 0 Å². The molecule has 1 amide bonds. The Morgan fingerprint density at radius 3 is 2.76 bits per heavy atom. The number of nitrogens with two attached hydrogens (primary N) is 1. The van der Waals surface area contributed by atoms with Crippen LogP contribution in [0, 0.1) is 5.92 Å². The van der Waals surface area contributed by atoms with Crippen molar-refractivity contribution in [3.05, 3.63) is 59.1 Å². The van der Waals surface area contributed by atoms with Gasteiger partial charge < -0.3 is 20.7 Å².